The smallest absolute Gasteiger partial charge is 0.291 e. The van der Waals surface area contributed by atoms with Crippen molar-refractivity contribution in [1.82, 2.24) is 9.97 Å². The normalized spacial score (nSPS) is 26.8. The summed E-state index contributed by atoms with van der Waals surface area (Å²) >= 11 is 0. The summed E-state index contributed by atoms with van der Waals surface area (Å²) in [5.41, 5.74) is 3.44. The monoisotopic (exact) mass is 447 g/mol. The van der Waals surface area contributed by atoms with Crippen molar-refractivity contribution in [1.29, 1.82) is 0 Å². The van der Waals surface area contributed by atoms with Crippen LogP contribution in [0.2, 0.25) is 0 Å². The third kappa shape index (κ3) is 5.05. The lowest BCUT2D eigenvalue weighted by molar-refractivity contribution is -0.135. The number of rotatable bonds is 4. The first-order valence-corrected chi connectivity index (χ1v) is 11.6. The number of imidazole rings is 1. The van der Waals surface area contributed by atoms with Crippen LogP contribution in [-0.2, 0) is 10.3 Å². The van der Waals surface area contributed by atoms with Crippen molar-refractivity contribution < 1.29 is 14.6 Å². The Bertz CT molecular complexity index is 1110. The Labute approximate surface area is 195 Å². The van der Waals surface area contributed by atoms with E-state index in [1.165, 1.54) is 11.8 Å². The molecule has 6 heteroatoms. The lowest BCUT2D eigenvalue weighted by Crippen LogP contribution is -2.41. The number of hydrogen-bond donors (Lipinski definition) is 3. The first-order valence-electron chi connectivity index (χ1n) is 11.6. The van der Waals surface area contributed by atoms with Crippen molar-refractivity contribution >= 4 is 17.2 Å². The van der Waals surface area contributed by atoms with Crippen molar-refractivity contribution in [2.24, 2.45) is 5.41 Å². The third-order valence-electron chi connectivity index (χ3n) is 6.78. The van der Waals surface area contributed by atoms with E-state index in [4.69, 9.17) is 11.2 Å². The average Bonchev–Trinajstić information content (AvgIpc) is 3.23. The van der Waals surface area contributed by atoms with Gasteiger partial charge in [0, 0.05) is 24.1 Å². The summed E-state index contributed by atoms with van der Waals surface area (Å²) < 4.78 is 5.86. The van der Waals surface area contributed by atoms with Crippen LogP contribution in [0.3, 0.4) is 0 Å². The minimum Gasteiger partial charge on any atom is -0.385 e. The van der Waals surface area contributed by atoms with Crippen LogP contribution in [0.15, 0.2) is 30.5 Å². The van der Waals surface area contributed by atoms with E-state index in [0.29, 0.717) is 24.2 Å². The Kier molecular flexibility index (Phi) is 6.22. The largest absolute Gasteiger partial charge is 0.385 e. The maximum atomic E-state index is 12.9. The molecule has 1 aliphatic heterocycles. The summed E-state index contributed by atoms with van der Waals surface area (Å²) in [6.45, 7) is 8.53. The molecule has 2 aliphatic rings. The Hall–Kier alpha value is -2.88. The van der Waals surface area contributed by atoms with Crippen LogP contribution in [0.4, 0.5) is 5.69 Å². The third-order valence-corrected chi connectivity index (χ3v) is 6.78. The van der Waals surface area contributed by atoms with E-state index in [1.807, 2.05) is 32.0 Å². The highest BCUT2D eigenvalue weighted by Gasteiger charge is 2.39. The molecule has 1 aliphatic carbocycles. The SMILES string of the molecule is C#Cc1cnc(C(=O)Nc2ccc(C3(O)C[C@@H](C)O[C@@H](C)C3)cc2C2=CCC(C)(C)CC2)[nH]1. The van der Waals surface area contributed by atoms with Gasteiger partial charge < -0.3 is 20.1 Å². The molecule has 1 unspecified atom stereocenters. The summed E-state index contributed by atoms with van der Waals surface area (Å²) in [7, 11) is 0. The maximum absolute atomic E-state index is 12.9. The molecular formula is C27H33N3O3. The Morgan fingerprint density at radius 1 is 1.30 bits per heavy atom. The summed E-state index contributed by atoms with van der Waals surface area (Å²) in [4.78, 5) is 19.8. The van der Waals surface area contributed by atoms with E-state index >= 15 is 0 Å². The van der Waals surface area contributed by atoms with E-state index < -0.39 is 5.60 Å². The highest BCUT2D eigenvalue weighted by atomic mass is 16.5. The zero-order chi connectivity index (χ0) is 23.8. The summed E-state index contributed by atoms with van der Waals surface area (Å²) in [5.74, 6) is 2.26. The number of benzene rings is 1. The van der Waals surface area contributed by atoms with Crippen LogP contribution >= 0.6 is 0 Å². The Morgan fingerprint density at radius 2 is 2.03 bits per heavy atom. The number of carbonyl (C=O) groups is 1. The van der Waals surface area contributed by atoms with Crippen LogP contribution in [0, 0.1) is 17.8 Å². The van der Waals surface area contributed by atoms with Crippen molar-refractivity contribution in [3.8, 4) is 12.3 Å². The standard InChI is InChI=1S/C27H33N3O3/c1-6-21-16-28-24(29-21)25(31)30-23-8-7-20(27(32)14-17(2)33-18(3)15-27)13-22(23)19-9-11-26(4,5)12-10-19/h1,7-9,13,16-18,32H,10-12,14-15H2,2-5H3,(H,28,29)(H,30,31)/t17-,18+,27?. The van der Waals surface area contributed by atoms with Crippen molar-refractivity contribution in [3.05, 3.63) is 53.1 Å². The second kappa shape index (κ2) is 8.81. The minimum atomic E-state index is -0.967. The van der Waals surface area contributed by atoms with Crippen LogP contribution in [0.25, 0.3) is 5.57 Å². The number of nitrogens with zero attached hydrogens (tertiary/aromatic N) is 1. The number of H-pyrrole nitrogens is 1. The van der Waals surface area contributed by atoms with Crippen LogP contribution in [0.5, 0.6) is 0 Å². The molecule has 0 spiro atoms. The number of aromatic amines is 1. The molecule has 0 saturated carbocycles. The van der Waals surface area contributed by atoms with Gasteiger partial charge in [0.15, 0.2) is 5.82 Å². The fourth-order valence-electron chi connectivity index (χ4n) is 4.98. The number of aromatic nitrogens is 2. The topological polar surface area (TPSA) is 87.2 Å². The molecule has 3 atom stereocenters. The van der Waals surface area contributed by atoms with Crippen molar-refractivity contribution in [2.75, 3.05) is 5.32 Å². The fourth-order valence-corrected chi connectivity index (χ4v) is 4.98. The van der Waals surface area contributed by atoms with Gasteiger partial charge in [-0.3, -0.25) is 4.79 Å². The van der Waals surface area contributed by atoms with Gasteiger partial charge in [-0.2, -0.15) is 0 Å². The molecule has 1 aromatic heterocycles. The van der Waals surface area contributed by atoms with Crippen LogP contribution in [0.1, 0.15) is 87.2 Å². The quantitative estimate of drug-likeness (QED) is 0.575. The van der Waals surface area contributed by atoms with Gasteiger partial charge in [0.25, 0.3) is 5.91 Å². The fraction of sp³-hybridized carbons (Fsp3) is 0.481. The van der Waals surface area contributed by atoms with Crippen LogP contribution < -0.4 is 5.32 Å². The molecule has 1 amide bonds. The highest BCUT2D eigenvalue weighted by molar-refractivity contribution is 6.03. The molecular weight excluding hydrogens is 414 g/mol. The highest BCUT2D eigenvalue weighted by Crippen LogP contribution is 2.43. The molecule has 0 bridgehead atoms. The number of carbonyl (C=O) groups excluding carboxylic acids is 1. The predicted molar refractivity (Wildman–Crippen MR) is 130 cm³/mol. The van der Waals surface area contributed by atoms with Gasteiger partial charge in [-0.1, -0.05) is 31.9 Å². The summed E-state index contributed by atoms with van der Waals surface area (Å²) in [6, 6.07) is 5.84. The minimum absolute atomic E-state index is 0.0272. The van der Waals surface area contributed by atoms with Gasteiger partial charge in [-0.25, -0.2) is 4.98 Å². The maximum Gasteiger partial charge on any atom is 0.291 e. The molecule has 3 N–H and O–H groups in total. The molecule has 2 aromatic rings. The number of hydrogen-bond acceptors (Lipinski definition) is 4. The lowest BCUT2D eigenvalue weighted by atomic mass is 9.75. The van der Waals surface area contributed by atoms with Crippen molar-refractivity contribution in [3.63, 3.8) is 0 Å². The second-order valence-electron chi connectivity index (χ2n) is 10.3. The first-order chi connectivity index (χ1) is 15.6. The molecule has 174 valence electrons. The lowest BCUT2D eigenvalue weighted by Gasteiger charge is -2.40. The molecule has 0 radical (unpaired) electrons. The van der Waals surface area contributed by atoms with E-state index in [0.717, 1.165) is 30.4 Å². The number of allylic oxidation sites excluding steroid dienone is 2. The van der Waals surface area contributed by atoms with Gasteiger partial charge in [0.2, 0.25) is 0 Å². The van der Waals surface area contributed by atoms with E-state index in [2.05, 4.69) is 41.1 Å². The van der Waals surface area contributed by atoms with Gasteiger partial charge in [-0.05, 0) is 61.8 Å². The Balaban J connectivity index is 1.71. The zero-order valence-electron chi connectivity index (χ0n) is 19.9. The number of terminal acetylenes is 1. The van der Waals surface area contributed by atoms with Gasteiger partial charge in [0.05, 0.1) is 24.0 Å². The number of aliphatic hydroxyl groups is 1. The molecule has 1 fully saturated rings. The number of ether oxygens (including phenoxy) is 1. The van der Waals surface area contributed by atoms with Gasteiger partial charge in [-0.15, -0.1) is 6.42 Å². The van der Waals surface area contributed by atoms with E-state index in [-0.39, 0.29) is 29.4 Å². The number of amides is 1. The molecule has 6 nitrogen and oxygen atoms in total. The van der Waals surface area contributed by atoms with Gasteiger partial charge >= 0.3 is 0 Å². The van der Waals surface area contributed by atoms with E-state index in [1.54, 1.807) is 0 Å². The Morgan fingerprint density at radius 3 is 2.64 bits per heavy atom. The van der Waals surface area contributed by atoms with Crippen molar-refractivity contribution in [2.45, 2.75) is 77.6 Å². The average molecular weight is 448 g/mol. The van der Waals surface area contributed by atoms with Crippen LogP contribution in [-0.4, -0.2) is 33.2 Å². The summed E-state index contributed by atoms with van der Waals surface area (Å²) in [5, 5.41) is 14.5. The molecule has 2 heterocycles. The van der Waals surface area contributed by atoms with E-state index in [9.17, 15) is 9.90 Å². The molecule has 1 saturated heterocycles. The first kappa shape index (κ1) is 23.3. The summed E-state index contributed by atoms with van der Waals surface area (Å²) in [6.07, 6.45) is 13.1. The van der Waals surface area contributed by atoms with Gasteiger partial charge in [0.1, 0.15) is 5.69 Å². The number of nitrogens with one attached hydrogen (secondary N) is 2. The predicted octanol–water partition coefficient (Wildman–Crippen LogP) is 5.01. The second-order valence-corrected chi connectivity index (χ2v) is 10.3. The molecule has 33 heavy (non-hydrogen) atoms. The molecule has 1 aromatic carbocycles. The molecule has 4 rings (SSSR count). The zero-order valence-corrected chi connectivity index (χ0v) is 19.9. The number of anilines is 1.